The van der Waals surface area contributed by atoms with Gasteiger partial charge in [-0.05, 0) is 50.2 Å². The van der Waals surface area contributed by atoms with Crippen molar-refractivity contribution in [2.24, 2.45) is 0 Å². The molecule has 1 saturated heterocycles. The van der Waals surface area contributed by atoms with Crippen LogP contribution in [0, 0.1) is 0 Å². The van der Waals surface area contributed by atoms with Crippen molar-refractivity contribution < 1.29 is 24.3 Å². The molecule has 32 heavy (non-hydrogen) atoms. The van der Waals surface area contributed by atoms with Gasteiger partial charge < -0.3 is 15.0 Å². The lowest BCUT2D eigenvalue weighted by atomic mass is 10.00. The minimum atomic E-state index is -1.21. The minimum absolute atomic E-state index is 0.336. The van der Waals surface area contributed by atoms with Crippen LogP contribution in [-0.2, 0) is 9.53 Å². The van der Waals surface area contributed by atoms with Crippen LogP contribution in [0.5, 0.6) is 0 Å². The van der Waals surface area contributed by atoms with Crippen LogP contribution >= 0.6 is 23.2 Å². The molecule has 0 bridgehead atoms. The van der Waals surface area contributed by atoms with E-state index in [1.165, 1.54) is 29.0 Å². The molecule has 0 aliphatic carbocycles. The molecule has 0 spiro atoms. The summed E-state index contributed by atoms with van der Waals surface area (Å²) in [7, 11) is 1.21. The highest BCUT2D eigenvalue weighted by molar-refractivity contribution is 6.31. The first-order chi connectivity index (χ1) is 15.1. The van der Waals surface area contributed by atoms with E-state index in [1.807, 2.05) is 0 Å². The van der Waals surface area contributed by atoms with Crippen LogP contribution in [0.2, 0.25) is 10.0 Å². The molecule has 0 saturated carbocycles. The number of nitrogens with one attached hydrogen (secondary N) is 1. The van der Waals surface area contributed by atoms with Crippen molar-refractivity contribution in [2.45, 2.75) is 25.6 Å². The smallest absolute Gasteiger partial charge is 0.347 e. The van der Waals surface area contributed by atoms with Crippen LogP contribution in [0.4, 0.5) is 21.0 Å². The van der Waals surface area contributed by atoms with Gasteiger partial charge in [-0.25, -0.2) is 9.59 Å². The largest absolute Gasteiger partial charge is 0.468 e. The van der Waals surface area contributed by atoms with Crippen molar-refractivity contribution in [3.63, 3.8) is 0 Å². The number of benzene rings is 2. The van der Waals surface area contributed by atoms with Gasteiger partial charge in [0.1, 0.15) is 6.54 Å². The van der Waals surface area contributed by atoms with Gasteiger partial charge in [0, 0.05) is 21.4 Å². The second-order valence-electron chi connectivity index (χ2n) is 7.61. The van der Waals surface area contributed by atoms with E-state index in [4.69, 9.17) is 27.9 Å². The maximum Gasteiger partial charge on any atom is 0.347 e. The molecule has 1 aliphatic heterocycles. The zero-order valence-corrected chi connectivity index (χ0v) is 19.1. The first-order valence-electron chi connectivity index (χ1n) is 9.54. The Kier molecular flexibility index (Phi) is 6.82. The molecule has 11 heteroatoms. The topological polar surface area (TPSA) is 102 Å². The number of amides is 4. The quantitative estimate of drug-likeness (QED) is 0.374. The summed E-state index contributed by atoms with van der Waals surface area (Å²) in [6.07, 6.45) is -1.21. The van der Waals surface area contributed by atoms with Gasteiger partial charge in [0.15, 0.2) is 6.17 Å². The van der Waals surface area contributed by atoms with Gasteiger partial charge in [-0.2, -0.15) is 5.06 Å². The lowest BCUT2D eigenvalue weighted by Gasteiger charge is -2.38. The van der Waals surface area contributed by atoms with Crippen LogP contribution in [0.3, 0.4) is 0 Å². The van der Waals surface area contributed by atoms with Crippen LogP contribution in [-0.4, -0.2) is 58.6 Å². The molecule has 0 radical (unpaired) electrons. The van der Waals surface area contributed by atoms with Gasteiger partial charge in [-0.3, -0.25) is 14.9 Å². The number of carbonyl (C=O) groups is 3. The Hall–Kier alpha value is -3.01. The molecular weight excluding hydrogens is 459 g/mol. The molecule has 3 rings (SSSR count). The Balaban J connectivity index is 2.00. The second kappa shape index (κ2) is 9.23. The number of ether oxygens (including phenoxy) is 1. The van der Waals surface area contributed by atoms with Gasteiger partial charge in [0.25, 0.3) is 0 Å². The van der Waals surface area contributed by atoms with E-state index in [2.05, 4.69) is 5.32 Å². The summed E-state index contributed by atoms with van der Waals surface area (Å²) in [5, 5.41) is 14.6. The third-order valence-corrected chi connectivity index (χ3v) is 5.60. The number of esters is 1. The molecule has 0 aromatic heterocycles. The highest BCUT2D eigenvalue weighted by atomic mass is 35.5. The number of halogens is 2. The summed E-state index contributed by atoms with van der Waals surface area (Å²) in [4.78, 5) is 40.6. The van der Waals surface area contributed by atoms with E-state index in [1.54, 1.807) is 50.2 Å². The highest BCUT2D eigenvalue weighted by Crippen LogP contribution is 2.38. The van der Waals surface area contributed by atoms with Crippen molar-refractivity contribution in [1.82, 2.24) is 9.96 Å². The maximum atomic E-state index is 13.3. The van der Waals surface area contributed by atoms with Crippen LogP contribution in [0.1, 0.15) is 13.8 Å². The van der Waals surface area contributed by atoms with E-state index in [0.717, 1.165) is 0 Å². The molecule has 4 amide bonds. The Morgan fingerprint density at radius 3 is 2.38 bits per heavy atom. The number of hydrogen-bond acceptors (Lipinski definition) is 5. The zero-order chi connectivity index (χ0) is 23.6. The summed E-state index contributed by atoms with van der Waals surface area (Å²) in [5.41, 5.74) is -0.513. The van der Waals surface area contributed by atoms with E-state index in [0.29, 0.717) is 26.5 Å². The van der Waals surface area contributed by atoms with Crippen LogP contribution in [0.25, 0.3) is 0 Å². The van der Waals surface area contributed by atoms with E-state index in [-0.39, 0.29) is 6.54 Å². The fourth-order valence-corrected chi connectivity index (χ4v) is 3.92. The number of hydrogen-bond donors (Lipinski definition) is 2. The van der Waals surface area contributed by atoms with Gasteiger partial charge in [0.2, 0.25) is 0 Å². The number of methoxy groups -OCH3 is 1. The fraction of sp³-hybridized carbons (Fsp3) is 0.286. The van der Waals surface area contributed by atoms with Crippen molar-refractivity contribution >= 4 is 52.6 Å². The average molecular weight is 481 g/mol. The van der Waals surface area contributed by atoms with Gasteiger partial charge >= 0.3 is 18.0 Å². The number of rotatable bonds is 5. The second-order valence-corrected chi connectivity index (χ2v) is 8.48. The van der Waals surface area contributed by atoms with Crippen LogP contribution < -0.4 is 10.2 Å². The fourth-order valence-electron chi connectivity index (χ4n) is 3.55. The number of hydroxylamine groups is 2. The van der Waals surface area contributed by atoms with Gasteiger partial charge in [0.05, 0.1) is 12.6 Å². The molecule has 2 N–H and O–H groups in total. The van der Waals surface area contributed by atoms with E-state index < -0.39 is 29.7 Å². The predicted octanol–water partition coefficient (Wildman–Crippen LogP) is 4.44. The summed E-state index contributed by atoms with van der Waals surface area (Å²) in [6.45, 7) is 2.87. The van der Waals surface area contributed by atoms with Crippen molar-refractivity contribution in [3.8, 4) is 0 Å². The summed E-state index contributed by atoms with van der Waals surface area (Å²) >= 11 is 12.1. The monoisotopic (exact) mass is 480 g/mol. The summed E-state index contributed by atoms with van der Waals surface area (Å²) < 4.78 is 4.71. The zero-order valence-electron chi connectivity index (χ0n) is 17.6. The predicted molar refractivity (Wildman–Crippen MR) is 120 cm³/mol. The number of urea groups is 2. The number of nitrogens with zero attached hydrogens (tertiary/aromatic N) is 3. The Morgan fingerprint density at radius 2 is 1.78 bits per heavy atom. The van der Waals surface area contributed by atoms with Crippen LogP contribution in [0.15, 0.2) is 48.5 Å². The first-order valence-corrected chi connectivity index (χ1v) is 10.3. The third kappa shape index (κ3) is 4.59. The van der Waals surface area contributed by atoms with E-state index in [9.17, 15) is 19.6 Å². The molecule has 1 unspecified atom stereocenters. The molecule has 1 atom stereocenters. The van der Waals surface area contributed by atoms with Gasteiger partial charge in [-0.1, -0.05) is 35.3 Å². The lowest BCUT2D eigenvalue weighted by Crippen LogP contribution is -2.58. The highest BCUT2D eigenvalue weighted by Gasteiger charge is 2.56. The van der Waals surface area contributed by atoms with E-state index >= 15 is 0 Å². The molecule has 9 nitrogen and oxygen atoms in total. The third-order valence-electron chi connectivity index (χ3n) is 5.13. The molecule has 1 heterocycles. The number of anilines is 2. The first kappa shape index (κ1) is 23.6. The lowest BCUT2D eigenvalue weighted by molar-refractivity contribution is -0.143. The normalized spacial score (nSPS) is 17.3. The maximum absolute atomic E-state index is 13.3. The molecule has 1 fully saturated rings. The number of carbonyl (C=O) groups excluding carboxylic acids is 3. The molecular formula is C21H22Cl2N4O5. The Labute approximate surface area is 195 Å². The Bertz CT molecular complexity index is 1050. The van der Waals surface area contributed by atoms with Crippen molar-refractivity contribution in [2.75, 3.05) is 23.9 Å². The summed E-state index contributed by atoms with van der Waals surface area (Å²) in [5.74, 6) is -0.647. The summed E-state index contributed by atoms with van der Waals surface area (Å²) in [6, 6.07) is 11.3. The average Bonchev–Trinajstić information content (AvgIpc) is 2.93. The molecule has 1 aliphatic rings. The SMILES string of the molecule is COC(=O)CN1C(=O)N(c2cccc(Cl)c2)C(N(O)C(=O)Nc2cccc(Cl)c2)C1(C)C. The Morgan fingerprint density at radius 1 is 1.16 bits per heavy atom. The van der Waals surface area contributed by atoms with Gasteiger partial charge in [-0.15, -0.1) is 0 Å². The minimum Gasteiger partial charge on any atom is -0.468 e. The standard InChI is InChI=1S/C21H22Cl2N4O5/c1-21(2)18(27(31)19(29)24-15-8-4-6-13(22)10-15)26(16-9-5-7-14(23)11-16)20(30)25(21)12-17(28)32-3/h4-11,18,31H,12H2,1-3H3,(H,24,29). The van der Waals surface area contributed by atoms with Crippen molar-refractivity contribution in [3.05, 3.63) is 58.6 Å². The molecule has 2 aromatic rings. The molecule has 2 aromatic carbocycles. The van der Waals surface area contributed by atoms with Crippen molar-refractivity contribution in [1.29, 1.82) is 0 Å². The molecule has 170 valence electrons.